The zero-order valence-electron chi connectivity index (χ0n) is 29.8. The summed E-state index contributed by atoms with van der Waals surface area (Å²) in [5, 5.41) is 0. The van der Waals surface area contributed by atoms with Crippen molar-refractivity contribution in [3.8, 4) is 39.4 Å². The Morgan fingerprint density at radius 2 is 0.982 bits per heavy atom. The highest BCUT2D eigenvalue weighted by atomic mass is 16.5. The number of rotatable bonds is 4. The van der Waals surface area contributed by atoms with Gasteiger partial charge in [0, 0.05) is 17.1 Å². The highest BCUT2D eigenvalue weighted by Gasteiger charge is 2.38. The second-order valence-corrected chi connectivity index (χ2v) is 14.6. The summed E-state index contributed by atoms with van der Waals surface area (Å²) in [6, 6.07) is 67.8. The molecule has 0 N–H and O–H groups in total. The molecule has 0 atom stereocenters. The predicted octanol–water partition coefficient (Wildman–Crippen LogP) is 9.88. The molecular weight excluding hydrogens is 669 g/mol. The predicted molar refractivity (Wildman–Crippen MR) is 225 cm³/mol. The van der Waals surface area contributed by atoms with Gasteiger partial charge in [-0.25, -0.2) is 4.98 Å². The van der Waals surface area contributed by atoms with Crippen molar-refractivity contribution in [1.82, 2.24) is 14.0 Å². The Kier molecular flexibility index (Phi) is 6.46. The summed E-state index contributed by atoms with van der Waals surface area (Å²) < 4.78 is 11.4. The van der Waals surface area contributed by atoms with Gasteiger partial charge in [0.25, 0.3) is 6.71 Å². The minimum Gasteiger partial charge on any atom is -0.458 e. The molecule has 12 rings (SSSR count). The van der Waals surface area contributed by atoms with Crippen molar-refractivity contribution in [2.45, 2.75) is 5.92 Å². The molecule has 256 valence electrons. The van der Waals surface area contributed by atoms with E-state index in [2.05, 4.69) is 197 Å². The van der Waals surface area contributed by atoms with E-state index in [0.29, 0.717) is 0 Å². The van der Waals surface area contributed by atoms with Crippen LogP contribution in [0.5, 0.6) is 11.5 Å². The summed E-state index contributed by atoms with van der Waals surface area (Å²) in [5.74, 6) is 2.72. The zero-order valence-corrected chi connectivity index (χ0v) is 29.8. The summed E-state index contributed by atoms with van der Waals surface area (Å²) in [6.07, 6.45) is 0. The monoisotopic (exact) mass is 701 g/mol. The lowest BCUT2D eigenvalue weighted by molar-refractivity contribution is 0.488. The minimum atomic E-state index is -0.132. The maximum Gasteiger partial charge on any atom is 0.254 e. The summed E-state index contributed by atoms with van der Waals surface area (Å²) in [6.45, 7) is -0.132. The van der Waals surface area contributed by atoms with Crippen molar-refractivity contribution in [1.29, 1.82) is 0 Å². The number of imidazole rings is 2. The van der Waals surface area contributed by atoms with E-state index >= 15 is 0 Å². The van der Waals surface area contributed by atoms with Gasteiger partial charge in [-0.1, -0.05) is 151 Å². The first-order valence-corrected chi connectivity index (χ1v) is 19.0. The quantitative estimate of drug-likeness (QED) is 0.171. The smallest absolute Gasteiger partial charge is 0.254 e. The van der Waals surface area contributed by atoms with Crippen LogP contribution in [0.15, 0.2) is 188 Å². The van der Waals surface area contributed by atoms with E-state index in [0.717, 1.165) is 56.0 Å². The van der Waals surface area contributed by atoms with Crippen molar-refractivity contribution >= 4 is 50.9 Å². The van der Waals surface area contributed by atoms with E-state index in [1.165, 1.54) is 44.4 Å². The normalized spacial score (nSPS) is 13.1. The molecule has 2 aliphatic rings. The van der Waals surface area contributed by atoms with E-state index in [1.807, 2.05) is 0 Å². The number of fused-ring (bicyclic) bond motifs is 11. The van der Waals surface area contributed by atoms with Gasteiger partial charge in [0.15, 0.2) is 0 Å². The van der Waals surface area contributed by atoms with Gasteiger partial charge < -0.3 is 4.74 Å². The zero-order chi connectivity index (χ0) is 36.0. The molecule has 3 heterocycles. The molecule has 0 radical (unpaired) electrons. The van der Waals surface area contributed by atoms with E-state index in [1.54, 1.807) is 0 Å². The first-order chi connectivity index (χ1) is 27.3. The molecule has 0 unspecified atom stereocenters. The van der Waals surface area contributed by atoms with Gasteiger partial charge in [0.1, 0.15) is 11.5 Å². The highest BCUT2D eigenvalue weighted by Crippen LogP contribution is 2.49. The Morgan fingerprint density at radius 3 is 1.69 bits per heavy atom. The first kappa shape index (κ1) is 30.4. The fourth-order valence-corrected chi connectivity index (χ4v) is 9.56. The number of para-hydroxylation sites is 4. The molecule has 1 aliphatic carbocycles. The molecule has 0 saturated heterocycles. The van der Waals surface area contributed by atoms with Crippen molar-refractivity contribution < 1.29 is 4.74 Å². The summed E-state index contributed by atoms with van der Waals surface area (Å²) in [5.41, 5.74) is 17.9. The van der Waals surface area contributed by atoms with Crippen molar-refractivity contribution in [3.63, 3.8) is 0 Å². The van der Waals surface area contributed by atoms with Crippen molar-refractivity contribution in [2.75, 3.05) is 0 Å². The topological polar surface area (TPSA) is 31.5 Å². The van der Waals surface area contributed by atoms with Crippen LogP contribution in [0.3, 0.4) is 0 Å². The maximum atomic E-state index is 6.78. The lowest BCUT2D eigenvalue weighted by Gasteiger charge is -2.29. The van der Waals surface area contributed by atoms with E-state index in [4.69, 9.17) is 9.72 Å². The van der Waals surface area contributed by atoms with E-state index in [-0.39, 0.29) is 12.6 Å². The SMILES string of the molecule is c1ccc(-n2c3ccccc3n3c4ccc5c(c4nc23)B(c2ccccc2-c2ccccc2C2c3ccccc3-c3ccccc32)c2ccccc2O5)cc1. The van der Waals surface area contributed by atoms with Gasteiger partial charge in [-0.2, -0.15) is 0 Å². The Labute approximate surface area is 318 Å². The van der Waals surface area contributed by atoms with Crippen LogP contribution in [0.1, 0.15) is 22.6 Å². The summed E-state index contributed by atoms with van der Waals surface area (Å²) in [4.78, 5) is 5.57. The second kappa shape index (κ2) is 11.7. The molecule has 5 heteroatoms. The molecule has 0 bridgehead atoms. The number of hydrogen-bond acceptors (Lipinski definition) is 2. The van der Waals surface area contributed by atoms with Crippen LogP contribution in [0.25, 0.3) is 55.8 Å². The third-order valence-corrected chi connectivity index (χ3v) is 11.8. The maximum absolute atomic E-state index is 6.78. The second-order valence-electron chi connectivity index (χ2n) is 14.6. The van der Waals surface area contributed by atoms with Crippen LogP contribution in [0, 0.1) is 0 Å². The summed E-state index contributed by atoms with van der Waals surface area (Å²) >= 11 is 0. The van der Waals surface area contributed by atoms with Gasteiger partial charge in [-0.05, 0) is 86.9 Å². The lowest BCUT2D eigenvalue weighted by Crippen LogP contribution is -2.55. The Balaban J connectivity index is 1.13. The van der Waals surface area contributed by atoms with E-state index in [9.17, 15) is 0 Å². The van der Waals surface area contributed by atoms with Crippen molar-refractivity contribution in [2.24, 2.45) is 0 Å². The van der Waals surface area contributed by atoms with Crippen molar-refractivity contribution in [3.05, 3.63) is 205 Å². The standard InChI is InChI=1S/C50H32BN3O/c1-2-16-32(17-3-1)53-42-27-13-14-28-43(42)54-44-30-31-46-48(49(44)52-50(53)54)51(41-26-12-15-29-45(41)55-46)40-25-11-10-21-36(40)35-20-6-9-24-39(35)47-37-22-7-4-18-33(37)34-19-5-8-23-38(34)47/h1-31,47H. The Morgan fingerprint density at radius 1 is 0.436 bits per heavy atom. The molecule has 4 nitrogen and oxygen atoms in total. The fraction of sp³-hybridized carbons (Fsp3) is 0.0200. The molecular formula is C50H32BN3O. The molecule has 10 aromatic rings. The molecule has 0 fully saturated rings. The average molecular weight is 702 g/mol. The fourth-order valence-electron chi connectivity index (χ4n) is 9.56. The number of nitrogens with zero attached hydrogens (tertiary/aromatic N) is 3. The lowest BCUT2D eigenvalue weighted by atomic mass is 9.34. The number of benzene rings is 8. The molecule has 2 aromatic heterocycles. The summed E-state index contributed by atoms with van der Waals surface area (Å²) in [7, 11) is 0. The van der Waals surface area contributed by atoms with Crippen LogP contribution in [-0.2, 0) is 0 Å². The number of ether oxygens (including phenoxy) is 1. The molecule has 0 spiro atoms. The molecule has 1 aliphatic heterocycles. The van der Waals surface area contributed by atoms with Gasteiger partial charge in [-0.3, -0.25) is 8.97 Å². The molecule has 0 amide bonds. The average Bonchev–Trinajstić information content (AvgIpc) is 3.90. The molecule has 8 aromatic carbocycles. The van der Waals surface area contributed by atoms with Crippen LogP contribution >= 0.6 is 0 Å². The third kappa shape index (κ3) is 4.32. The molecule has 0 saturated carbocycles. The molecule has 55 heavy (non-hydrogen) atoms. The van der Waals surface area contributed by atoms with Crippen LogP contribution < -0.4 is 21.1 Å². The van der Waals surface area contributed by atoms with Crippen LogP contribution in [0.2, 0.25) is 0 Å². The minimum absolute atomic E-state index is 0.123. The third-order valence-electron chi connectivity index (χ3n) is 11.8. The Hall–Kier alpha value is -7.11. The highest BCUT2D eigenvalue weighted by molar-refractivity contribution is 6.99. The van der Waals surface area contributed by atoms with Gasteiger partial charge in [0.05, 0.1) is 22.1 Å². The number of hydrogen-bond donors (Lipinski definition) is 0. The first-order valence-electron chi connectivity index (χ1n) is 19.0. The van der Waals surface area contributed by atoms with E-state index < -0.39 is 0 Å². The van der Waals surface area contributed by atoms with Crippen LogP contribution in [0.4, 0.5) is 0 Å². The van der Waals surface area contributed by atoms with Gasteiger partial charge >= 0.3 is 0 Å². The van der Waals surface area contributed by atoms with Crippen LogP contribution in [-0.4, -0.2) is 20.7 Å². The van der Waals surface area contributed by atoms with Gasteiger partial charge in [0.2, 0.25) is 5.78 Å². The number of aromatic nitrogens is 3. The largest absolute Gasteiger partial charge is 0.458 e. The van der Waals surface area contributed by atoms with Gasteiger partial charge in [-0.15, -0.1) is 0 Å². The Bertz CT molecular complexity index is 3110.